The molecule has 0 aliphatic rings. The molecule has 0 saturated carbocycles. The molecule has 3 heteroatoms. The van der Waals surface area contributed by atoms with Gasteiger partial charge in [0.2, 0.25) is 0 Å². The Labute approximate surface area is 123 Å². The van der Waals surface area contributed by atoms with Gasteiger partial charge in [0.1, 0.15) is 3.58 Å². The Kier molecular flexibility index (Phi) is 7.01. The number of allylic oxidation sites excluding steroid dienone is 1. The van der Waals surface area contributed by atoms with E-state index < -0.39 is 0 Å². The van der Waals surface area contributed by atoms with Gasteiger partial charge in [-0.3, -0.25) is 0 Å². The molecule has 0 spiro atoms. The fraction of sp³-hybridized carbons (Fsp3) is 0.400. The first kappa shape index (κ1) is 15.2. The van der Waals surface area contributed by atoms with Crippen LogP contribution in [0, 0.1) is 0 Å². The molecule has 0 fully saturated rings. The second-order valence-corrected chi connectivity index (χ2v) is 5.06. The fourth-order valence-corrected chi connectivity index (χ4v) is 2.43. The lowest BCUT2D eigenvalue weighted by Gasteiger charge is -2.10. The van der Waals surface area contributed by atoms with Crippen LogP contribution in [0.1, 0.15) is 38.7 Å². The van der Waals surface area contributed by atoms with Crippen LogP contribution >= 0.6 is 22.6 Å². The first-order chi connectivity index (χ1) is 8.70. The molecule has 2 nitrogen and oxygen atoms in total. The molecule has 0 aromatic heterocycles. The van der Waals surface area contributed by atoms with Crippen LogP contribution in [0.3, 0.4) is 0 Å². The van der Waals surface area contributed by atoms with Crippen LogP contribution in [-0.4, -0.2) is 12.6 Å². The van der Waals surface area contributed by atoms with Gasteiger partial charge in [-0.25, -0.2) is 4.79 Å². The lowest BCUT2D eigenvalue weighted by atomic mass is 10.00. The molecule has 1 aromatic carbocycles. The summed E-state index contributed by atoms with van der Waals surface area (Å²) in [6.45, 7) is 4.40. The van der Waals surface area contributed by atoms with Crippen LogP contribution in [0.4, 0.5) is 0 Å². The number of carbonyl (C=O) groups excluding carboxylic acids is 1. The van der Waals surface area contributed by atoms with Crippen molar-refractivity contribution in [3.63, 3.8) is 0 Å². The van der Waals surface area contributed by atoms with Crippen molar-refractivity contribution < 1.29 is 9.53 Å². The van der Waals surface area contributed by atoms with E-state index in [1.807, 2.05) is 37.3 Å². The Bertz CT molecular complexity index is 410. The largest absolute Gasteiger partial charge is 0.462 e. The molecule has 0 aliphatic heterocycles. The van der Waals surface area contributed by atoms with Crippen molar-refractivity contribution in [3.05, 3.63) is 39.5 Å². The summed E-state index contributed by atoms with van der Waals surface area (Å²) in [6, 6.07) is 10.1. The lowest BCUT2D eigenvalue weighted by molar-refractivity contribution is -0.137. The minimum Gasteiger partial charge on any atom is -0.462 e. The lowest BCUT2D eigenvalue weighted by Crippen LogP contribution is -2.05. The predicted molar refractivity (Wildman–Crippen MR) is 83.5 cm³/mol. The maximum absolute atomic E-state index is 11.8. The number of hydrogen-bond acceptors (Lipinski definition) is 2. The van der Waals surface area contributed by atoms with E-state index in [1.165, 1.54) is 0 Å². The Morgan fingerprint density at radius 2 is 1.89 bits per heavy atom. The minimum atomic E-state index is -0.215. The van der Waals surface area contributed by atoms with Crippen LogP contribution in [0.25, 0.3) is 5.57 Å². The van der Waals surface area contributed by atoms with Crippen molar-refractivity contribution in [3.8, 4) is 0 Å². The van der Waals surface area contributed by atoms with Gasteiger partial charge in [0.25, 0.3) is 0 Å². The number of unbranched alkanes of at least 4 members (excludes halogenated alkanes) is 1. The van der Waals surface area contributed by atoms with Crippen LogP contribution in [0.2, 0.25) is 0 Å². The molecular weight excluding hydrogens is 339 g/mol. The number of rotatable bonds is 6. The minimum absolute atomic E-state index is 0.215. The zero-order valence-corrected chi connectivity index (χ0v) is 13.1. The molecule has 0 aliphatic carbocycles. The summed E-state index contributed by atoms with van der Waals surface area (Å²) in [5, 5.41) is 0. The Hall–Kier alpha value is -0.840. The molecule has 0 N–H and O–H groups in total. The summed E-state index contributed by atoms with van der Waals surface area (Å²) in [6.07, 6.45) is 3.11. The second kappa shape index (κ2) is 8.29. The summed E-state index contributed by atoms with van der Waals surface area (Å²) in [5.41, 5.74) is 2.21. The monoisotopic (exact) mass is 358 g/mol. The van der Waals surface area contributed by atoms with Crippen LogP contribution in [0.5, 0.6) is 0 Å². The van der Waals surface area contributed by atoms with Crippen molar-refractivity contribution in [2.45, 2.75) is 33.1 Å². The smallest absolute Gasteiger partial charge is 0.344 e. The third kappa shape index (κ3) is 4.44. The predicted octanol–water partition coefficient (Wildman–Crippen LogP) is 4.59. The molecule has 18 heavy (non-hydrogen) atoms. The first-order valence-electron chi connectivity index (χ1n) is 6.31. The third-order valence-corrected chi connectivity index (χ3v) is 3.71. The molecule has 0 heterocycles. The van der Waals surface area contributed by atoms with E-state index in [0.29, 0.717) is 10.2 Å². The summed E-state index contributed by atoms with van der Waals surface area (Å²) >= 11 is 2.10. The normalized spacial score (nSPS) is 11.9. The molecule has 0 unspecified atom stereocenters. The zero-order valence-electron chi connectivity index (χ0n) is 10.9. The van der Waals surface area contributed by atoms with E-state index >= 15 is 0 Å². The second-order valence-electron chi connectivity index (χ2n) is 3.98. The summed E-state index contributed by atoms with van der Waals surface area (Å²) in [4.78, 5) is 11.8. The van der Waals surface area contributed by atoms with Gasteiger partial charge in [0, 0.05) is 0 Å². The van der Waals surface area contributed by atoms with E-state index in [2.05, 4.69) is 29.5 Å². The average Bonchev–Trinajstić information content (AvgIpc) is 2.40. The van der Waals surface area contributed by atoms with E-state index in [4.69, 9.17) is 4.74 Å². The summed E-state index contributed by atoms with van der Waals surface area (Å²) in [7, 11) is 0. The molecule has 98 valence electrons. The van der Waals surface area contributed by atoms with Crippen LogP contribution in [0.15, 0.2) is 33.9 Å². The molecular formula is C15H19IO2. The van der Waals surface area contributed by atoms with Crippen molar-refractivity contribution in [1.29, 1.82) is 0 Å². The van der Waals surface area contributed by atoms with Crippen molar-refractivity contribution in [2.75, 3.05) is 6.61 Å². The Balaban J connectivity index is 3.04. The quantitative estimate of drug-likeness (QED) is 0.423. The first-order valence-corrected chi connectivity index (χ1v) is 7.39. The number of halogens is 1. The molecule has 1 rings (SSSR count). The SMILES string of the molecule is CCCC/C(=C(\I)C(=O)OCC)c1ccccc1. The summed E-state index contributed by atoms with van der Waals surface area (Å²) < 4.78 is 5.78. The van der Waals surface area contributed by atoms with Crippen molar-refractivity contribution >= 4 is 34.1 Å². The average molecular weight is 358 g/mol. The molecule has 0 amide bonds. The van der Waals surface area contributed by atoms with Gasteiger partial charge in [-0.05, 0) is 53.5 Å². The van der Waals surface area contributed by atoms with Gasteiger partial charge in [-0.1, -0.05) is 43.7 Å². The van der Waals surface area contributed by atoms with Gasteiger partial charge in [0.15, 0.2) is 0 Å². The number of carbonyl (C=O) groups is 1. The van der Waals surface area contributed by atoms with Crippen molar-refractivity contribution in [1.82, 2.24) is 0 Å². The van der Waals surface area contributed by atoms with E-state index in [9.17, 15) is 4.79 Å². The molecule has 0 bridgehead atoms. The Morgan fingerprint density at radius 1 is 1.22 bits per heavy atom. The standard InChI is InChI=1S/C15H19IO2/c1-3-5-11-13(12-9-7-6-8-10-12)14(16)15(17)18-4-2/h6-10H,3-5,11H2,1-2H3/b14-13+. The maximum Gasteiger partial charge on any atom is 0.344 e. The molecule has 0 saturated heterocycles. The van der Waals surface area contributed by atoms with E-state index in [1.54, 1.807) is 0 Å². The van der Waals surface area contributed by atoms with E-state index in [-0.39, 0.29) is 5.97 Å². The molecule has 1 aromatic rings. The van der Waals surface area contributed by atoms with Gasteiger partial charge in [0.05, 0.1) is 6.61 Å². The maximum atomic E-state index is 11.8. The molecule has 0 radical (unpaired) electrons. The van der Waals surface area contributed by atoms with Gasteiger partial charge >= 0.3 is 5.97 Å². The Morgan fingerprint density at radius 3 is 2.44 bits per heavy atom. The highest BCUT2D eigenvalue weighted by Crippen LogP contribution is 2.28. The molecule has 0 atom stereocenters. The third-order valence-electron chi connectivity index (χ3n) is 2.62. The highest BCUT2D eigenvalue weighted by molar-refractivity contribution is 14.1. The van der Waals surface area contributed by atoms with Gasteiger partial charge in [-0.15, -0.1) is 0 Å². The highest BCUT2D eigenvalue weighted by atomic mass is 127. The fourth-order valence-electron chi connectivity index (χ4n) is 1.69. The van der Waals surface area contributed by atoms with Crippen LogP contribution < -0.4 is 0 Å². The topological polar surface area (TPSA) is 26.3 Å². The van der Waals surface area contributed by atoms with Gasteiger partial charge < -0.3 is 4.74 Å². The van der Waals surface area contributed by atoms with Crippen LogP contribution in [-0.2, 0) is 9.53 Å². The summed E-state index contributed by atoms with van der Waals surface area (Å²) in [5.74, 6) is -0.215. The van der Waals surface area contributed by atoms with Crippen molar-refractivity contribution in [2.24, 2.45) is 0 Å². The number of benzene rings is 1. The number of ether oxygens (including phenoxy) is 1. The van der Waals surface area contributed by atoms with Gasteiger partial charge in [-0.2, -0.15) is 0 Å². The highest BCUT2D eigenvalue weighted by Gasteiger charge is 2.14. The zero-order chi connectivity index (χ0) is 13.4. The number of esters is 1. The van der Waals surface area contributed by atoms with E-state index in [0.717, 1.165) is 30.4 Å². The number of hydrogen-bond donors (Lipinski definition) is 0.